The van der Waals surface area contributed by atoms with Gasteiger partial charge in [0.15, 0.2) is 0 Å². The third kappa shape index (κ3) is 2.66. The van der Waals surface area contributed by atoms with Crippen LogP contribution in [0.2, 0.25) is 0 Å². The average molecular weight is 246 g/mol. The van der Waals surface area contributed by atoms with E-state index < -0.39 is 11.8 Å². The molecule has 0 bridgehead atoms. The van der Waals surface area contributed by atoms with Crippen LogP contribution in [0, 0.1) is 12.7 Å². The lowest BCUT2D eigenvalue weighted by molar-refractivity contribution is 0.0694. The first-order valence-electron chi connectivity index (χ1n) is 5.33. The van der Waals surface area contributed by atoms with Gasteiger partial charge in [0, 0.05) is 6.07 Å². The quantitative estimate of drug-likeness (QED) is 0.899. The van der Waals surface area contributed by atoms with Crippen molar-refractivity contribution in [3.63, 3.8) is 0 Å². The molecule has 0 aliphatic carbocycles. The Labute approximate surface area is 103 Å². The van der Waals surface area contributed by atoms with E-state index in [2.05, 4.69) is 0 Å². The minimum Gasteiger partial charge on any atom is -0.478 e. The highest BCUT2D eigenvalue weighted by Crippen LogP contribution is 2.26. The van der Waals surface area contributed by atoms with Crippen LogP contribution in [0.3, 0.4) is 0 Å². The van der Waals surface area contributed by atoms with Gasteiger partial charge in [0.05, 0.1) is 0 Å². The highest BCUT2D eigenvalue weighted by atomic mass is 19.1. The Morgan fingerprint density at radius 2 is 2.00 bits per heavy atom. The predicted molar refractivity (Wildman–Crippen MR) is 64.6 cm³/mol. The zero-order chi connectivity index (χ0) is 13.1. The van der Waals surface area contributed by atoms with Crippen LogP contribution in [0.1, 0.15) is 15.9 Å². The largest absolute Gasteiger partial charge is 0.478 e. The summed E-state index contributed by atoms with van der Waals surface area (Å²) in [7, 11) is 0. The van der Waals surface area contributed by atoms with E-state index in [0.29, 0.717) is 5.75 Å². The molecule has 0 aliphatic rings. The normalized spacial score (nSPS) is 10.1. The van der Waals surface area contributed by atoms with E-state index in [1.165, 1.54) is 6.07 Å². The molecule has 0 saturated carbocycles. The van der Waals surface area contributed by atoms with Crippen molar-refractivity contribution in [3.8, 4) is 11.5 Å². The second-order valence-corrected chi connectivity index (χ2v) is 3.86. The Hall–Kier alpha value is -2.36. The maximum absolute atomic E-state index is 13.1. The van der Waals surface area contributed by atoms with Crippen molar-refractivity contribution >= 4 is 5.97 Å². The number of carbonyl (C=O) groups is 1. The number of aryl methyl sites for hydroxylation is 1. The lowest BCUT2D eigenvalue weighted by atomic mass is 10.2. The Bertz CT molecular complexity index is 593. The number of carboxylic acid groups (broad SMARTS) is 1. The highest BCUT2D eigenvalue weighted by molar-refractivity contribution is 5.90. The van der Waals surface area contributed by atoms with Gasteiger partial charge in [-0.05, 0) is 36.8 Å². The Morgan fingerprint density at radius 3 is 2.67 bits per heavy atom. The van der Waals surface area contributed by atoms with E-state index in [4.69, 9.17) is 9.84 Å². The van der Waals surface area contributed by atoms with Crippen molar-refractivity contribution in [2.75, 3.05) is 0 Å². The fourth-order valence-electron chi connectivity index (χ4n) is 1.56. The van der Waals surface area contributed by atoms with Crippen LogP contribution in [-0.2, 0) is 0 Å². The highest BCUT2D eigenvalue weighted by Gasteiger charge is 2.13. The molecule has 2 aromatic rings. The van der Waals surface area contributed by atoms with E-state index in [1.807, 2.05) is 13.0 Å². The summed E-state index contributed by atoms with van der Waals surface area (Å²) in [6, 6.07) is 10.4. The molecule has 0 atom stereocenters. The smallest absolute Gasteiger partial charge is 0.339 e. The monoisotopic (exact) mass is 246 g/mol. The third-order valence-corrected chi connectivity index (χ3v) is 2.39. The van der Waals surface area contributed by atoms with Gasteiger partial charge in [-0.3, -0.25) is 0 Å². The van der Waals surface area contributed by atoms with Crippen LogP contribution >= 0.6 is 0 Å². The topological polar surface area (TPSA) is 46.5 Å². The number of aromatic carboxylic acids is 1. The summed E-state index contributed by atoms with van der Waals surface area (Å²) < 4.78 is 18.5. The first kappa shape index (κ1) is 12.1. The zero-order valence-corrected chi connectivity index (χ0v) is 9.68. The summed E-state index contributed by atoms with van der Waals surface area (Å²) in [5.41, 5.74) is 0.902. The standard InChI is InChI=1S/C14H11FO3/c1-9-3-2-4-11(7-9)18-13-8-10(15)5-6-12(13)14(16)17/h2-8H,1H3,(H,16,17). The van der Waals surface area contributed by atoms with Crippen molar-refractivity contribution in [2.24, 2.45) is 0 Å². The number of hydrogen-bond acceptors (Lipinski definition) is 2. The fraction of sp³-hybridized carbons (Fsp3) is 0.0714. The molecule has 0 saturated heterocycles. The molecule has 0 heterocycles. The van der Waals surface area contributed by atoms with E-state index in [1.54, 1.807) is 18.2 Å². The minimum atomic E-state index is -1.15. The van der Waals surface area contributed by atoms with Crippen molar-refractivity contribution < 1.29 is 19.0 Å². The summed E-state index contributed by atoms with van der Waals surface area (Å²) in [5, 5.41) is 8.99. The molecule has 2 aromatic carbocycles. The molecule has 4 heteroatoms. The van der Waals surface area contributed by atoms with Crippen LogP contribution in [-0.4, -0.2) is 11.1 Å². The Kier molecular flexibility index (Phi) is 3.28. The fourth-order valence-corrected chi connectivity index (χ4v) is 1.56. The van der Waals surface area contributed by atoms with Gasteiger partial charge in [-0.15, -0.1) is 0 Å². The van der Waals surface area contributed by atoms with Crippen LogP contribution in [0.4, 0.5) is 4.39 Å². The molecular formula is C14H11FO3. The number of hydrogen-bond donors (Lipinski definition) is 1. The van der Waals surface area contributed by atoms with Crippen molar-refractivity contribution in [2.45, 2.75) is 6.92 Å². The maximum atomic E-state index is 13.1. The van der Waals surface area contributed by atoms with E-state index in [0.717, 1.165) is 17.7 Å². The van der Waals surface area contributed by atoms with Crippen LogP contribution in [0.5, 0.6) is 11.5 Å². The molecule has 0 spiro atoms. The van der Waals surface area contributed by atoms with Gasteiger partial charge in [-0.25, -0.2) is 9.18 Å². The van der Waals surface area contributed by atoms with Crippen molar-refractivity contribution in [1.29, 1.82) is 0 Å². The van der Waals surface area contributed by atoms with Crippen molar-refractivity contribution in [1.82, 2.24) is 0 Å². The van der Waals surface area contributed by atoms with Gasteiger partial charge in [-0.2, -0.15) is 0 Å². The first-order chi connectivity index (χ1) is 8.56. The third-order valence-electron chi connectivity index (χ3n) is 2.39. The SMILES string of the molecule is Cc1cccc(Oc2cc(F)ccc2C(=O)O)c1. The Morgan fingerprint density at radius 1 is 1.22 bits per heavy atom. The van der Waals surface area contributed by atoms with Crippen LogP contribution in [0.25, 0.3) is 0 Å². The number of carboxylic acids is 1. The maximum Gasteiger partial charge on any atom is 0.339 e. The Balaban J connectivity index is 2.39. The molecule has 0 unspecified atom stereocenters. The molecule has 92 valence electrons. The second-order valence-electron chi connectivity index (χ2n) is 3.86. The second kappa shape index (κ2) is 4.87. The first-order valence-corrected chi connectivity index (χ1v) is 5.33. The molecule has 1 N–H and O–H groups in total. The van der Waals surface area contributed by atoms with E-state index in [9.17, 15) is 9.18 Å². The molecule has 0 fully saturated rings. The molecule has 0 amide bonds. The molecule has 0 aromatic heterocycles. The van der Waals surface area contributed by atoms with Crippen molar-refractivity contribution in [3.05, 3.63) is 59.4 Å². The minimum absolute atomic E-state index is 0.00639. The summed E-state index contributed by atoms with van der Waals surface area (Å²) in [6.07, 6.45) is 0. The van der Waals surface area contributed by atoms with Gasteiger partial charge >= 0.3 is 5.97 Å². The van der Waals surface area contributed by atoms with Gasteiger partial charge in [0.25, 0.3) is 0 Å². The number of halogens is 1. The van der Waals surface area contributed by atoms with E-state index >= 15 is 0 Å². The van der Waals surface area contributed by atoms with Gasteiger partial charge < -0.3 is 9.84 Å². The molecular weight excluding hydrogens is 235 g/mol. The zero-order valence-electron chi connectivity index (χ0n) is 9.68. The van der Waals surface area contributed by atoms with Crippen LogP contribution in [0.15, 0.2) is 42.5 Å². The van der Waals surface area contributed by atoms with E-state index in [-0.39, 0.29) is 11.3 Å². The van der Waals surface area contributed by atoms with Gasteiger partial charge in [0.1, 0.15) is 22.9 Å². The number of rotatable bonds is 3. The predicted octanol–water partition coefficient (Wildman–Crippen LogP) is 3.62. The summed E-state index contributed by atoms with van der Waals surface area (Å²) in [5.74, 6) is -1.23. The average Bonchev–Trinajstić information content (AvgIpc) is 2.28. The molecule has 18 heavy (non-hydrogen) atoms. The summed E-state index contributed by atoms with van der Waals surface area (Å²) >= 11 is 0. The molecule has 3 nitrogen and oxygen atoms in total. The summed E-state index contributed by atoms with van der Waals surface area (Å²) in [6.45, 7) is 1.89. The van der Waals surface area contributed by atoms with Crippen LogP contribution < -0.4 is 4.74 Å². The summed E-state index contributed by atoms with van der Waals surface area (Å²) in [4.78, 5) is 11.0. The number of benzene rings is 2. The molecule has 0 radical (unpaired) electrons. The van der Waals surface area contributed by atoms with Gasteiger partial charge in [0.2, 0.25) is 0 Å². The lowest BCUT2D eigenvalue weighted by Crippen LogP contribution is -2.00. The molecule has 2 rings (SSSR count). The number of ether oxygens (including phenoxy) is 1. The van der Waals surface area contributed by atoms with Gasteiger partial charge in [-0.1, -0.05) is 12.1 Å². The lowest BCUT2D eigenvalue weighted by Gasteiger charge is -2.09. The molecule has 0 aliphatic heterocycles.